The molecule has 0 aliphatic heterocycles. The number of rotatable bonds is 3. The highest BCUT2D eigenvalue weighted by molar-refractivity contribution is 9.10. The van der Waals surface area contributed by atoms with E-state index < -0.39 is 0 Å². The molecule has 1 N–H and O–H groups in total. The van der Waals surface area contributed by atoms with E-state index in [1.807, 2.05) is 0 Å². The molecule has 1 aliphatic carbocycles. The molecule has 2 heteroatoms. The fraction of sp³-hybridized carbons (Fsp3) is 0.625. The Morgan fingerprint density at radius 1 is 1.22 bits per heavy atom. The maximum atomic E-state index is 3.76. The molecule has 18 heavy (non-hydrogen) atoms. The Morgan fingerprint density at radius 2 is 1.83 bits per heavy atom. The lowest BCUT2D eigenvalue weighted by atomic mass is 9.74. The fourth-order valence-corrected chi connectivity index (χ4v) is 3.03. The minimum absolute atomic E-state index is 0.346. The minimum atomic E-state index is 0.346. The first-order chi connectivity index (χ1) is 8.38. The number of hydrogen-bond donors (Lipinski definition) is 1. The van der Waals surface area contributed by atoms with Gasteiger partial charge < -0.3 is 5.32 Å². The van der Waals surface area contributed by atoms with Gasteiger partial charge in [0.05, 0.1) is 0 Å². The molecular formula is C16H24BrN. The molecule has 0 spiro atoms. The molecule has 1 aromatic carbocycles. The maximum absolute atomic E-state index is 3.76. The van der Waals surface area contributed by atoms with Crippen LogP contribution < -0.4 is 5.32 Å². The van der Waals surface area contributed by atoms with E-state index in [1.165, 1.54) is 22.9 Å². The van der Waals surface area contributed by atoms with Crippen LogP contribution in [0.5, 0.6) is 0 Å². The van der Waals surface area contributed by atoms with Crippen molar-refractivity contribution < 1.29 is 0 Å². The normalized spacial score (nSPS) is 25.6. The Morgan fingerprint density at radius 3 is 2.39 bits per heavy atom. The molecular weight excluding hydrogens is 286 g/mol. The summed E-state index contributed by atoms with van der Waals surface area (Å²) < 4.78 is 1.26. The van der Waals surface area contributed by atoms with Gasteiger partial charge in [0.1, 0.15) is 0 Å². The third kappa shape index (κ3) is 3.16. The van der Waals surface area contributed by atoms with Crippen LogP contribution in [0.4, 0.5) is 0 Å². The van der Waals surface area contributed by atoms with Crippen LogP contribution in [0.25, 0.3) is 0 Å². The number of nitrogens with one attached hydrogen (secondary N) is 1. The summed E-state index contributed by atoms with van der Waals surface area (Å²) in [5.41, 5.74) is 1.82. The summed E-state index contributed by atoms with van der Waals surface area (Å²) in [5.74, 6) is 0.727. The van der Waals surface area contributed by atoms with Crippen molar-refractivity contribution >= 4 is 15.9 Å². The van der Waals surface area contributed by atoms with E-state index in [2.05, 4.69) is 73.2 Å². The molecule has 1 atom stereocenters. The van der Waals surface area contributed by atoms with E-state index in [0.29, 0.717) is 17.5 Å². The van der Waals surface area contributed by atoms with Crippen LogP contribution >= 0.6 is 15.9 Å². The first-order valence-electron chi connectivity index (χ1n) is 6.88. The summed E-state index contributed by atoms with van der Waals surface area (Å²) in [5, 5.41) is 3.76. The lowest BCUT2D eigenvalue weighted by Gasteiger charge is -2.41. The molecule has 1 saturated carbocycles. The molecule has 0 bridgehead atoms. The Kier molecular flexibility index (Phi) is 4.18. The highest BCUT2D eigenvalue weighted by Crippen LogP contribution is 2.40. The molecule has 0 saturated heterocycles. The zero-order valence-corrected chi connectivity index (χ0v) is 13.4. The lowest BCUT2D eigenvalue weighted by molar-refractivity contribution is 0.202. The summed E-state index contributed by atoms with van der Waals surface area (Å²) >= 11 is 3.65. The smallest absolute Gasteiger partial charge is 0.0210 e. The van der Waals surface area contributed by atoms with Crippen LogP contribution in [0, 0.1) is 5.41 Å². The second-order valence-corrected chi connectivity index (χ2v) is 7.50. The van der Waals surface area contributed by atoms with Gasteiger partial charge in [-0.25, -0.2) is 0 Å². The van der Waals surface area contributed by atoms with Crippen molar-refractivity contribution in [2.24, 2.45) is 5.41 Å². The standard InChI is InChI=1S/C16H24BrN/c1-11(16(2,3)4)18-13-9-12(10-13)14-7-5-6-8-15(14)17/h5-8,11-13,18H,9-10H2,1-4H3. The van der Waals surface area contributed by atoms with Gasteiger partial charge in [0.2, 0.25) is 0 Å². The third-order valence-electron chi connectivity index (χ3n) is 4.27. The van der Waals surface area contributed by atoms with E-state index >= 15 is 0 Å². The molecule has 1 aromatic rings. The molecule has 1 nitrogen and oxygen atoms in total. The largest absolute Gasteiger partial charge is 0.311 e. The van der Waals surface area contributed by atoms with Crippen molar-refractivity contribution in [3.63, 3.8) is 0 Å². The van der Waals surface area contributed by atoms with E-state index in [4.69, 9.17) is 0 Å². The van der Waals surface area contributed by atoms with E-state index in [9.17, 15) is 0 Å². The number of benzene rings is 1. The molecule has 1 fully saturated rings. The summed E-state index contributed by atoms with van der Waals surface area (Å²) in [6.45, 7) is 9.20. The molecule has 2 rings (SSSR count). The summed E-state index contributed by atoms with van der Waals surface area (Å²) in [4.78, 5) is 0. The van der Waals surface area contributed by atoms with Crippen LogP contribution in [0.1, 0.15) is 52.0 Å². The van der Waals surface area contributed by atoms with E-state index in [1.54, 1.807) is 0 Å². The minimum Gasteiger partial charge on any atom is -0.311 e. The van der Waals surface area contributed by atoms with Gasteiger partial charge in [-0.2, -0.15) is 0 Å². The predicted molar refractivity (Wildman–Crippen MR) is 82.0 cm³/mol. The monoisotopic (exact) mass is 309 g/mol. The Bertz CT molecular complexity index is 402. The zero-order valence-electron chi connectivity index (χ0n) is 11.8. The van der Waals surface area contributed by atoms with Crippen LogP contribution in [-0.2, 0) is 0 Å². The van der Waals surface area contributed by atoms with Gasteiger partial charge >= 0.3 is 0 Å². The van der Waals surface area contributed by atoms with Crippen molar-refractivity contribution in [1.82, 2.24) is 5.32 Å². The second-order valence-electron chi connectivity index (χ2n) is 6.64. The Labute approximate surface area is 119 Å². The van der Waals surface area contributed by atoms with Crippen LogP contribution in [0.15, 0.2) is 28.7 Å². The predicted octanol–water partition coefficient (Wildman–Crippen LogP) is 4.72. The zero-order chi connectivity index (χ0) is 13.3. The van der Waals surface area contributed by atoms with Gasteiger partial charge in [-0.1, -0.05) is 54.9 Å². The lowest BCUT2D eigenvalue weighted by Crippen LogP contribution is -2.49. The molecule has 0 amide bonds. The van der Waals surface area contributed by atoms with E-state index in [0.717, 1.165) is 5.92 Å². The molecule has 1 unspecified atom stereocenters. The average molecular weight is 310 g/mol. The first-order valence-corrected chi connectivity index (χ1v) is 7.67. The van der Waals surface area contributed by atoms with Gasteiger partial charge in [-0.15, -0.1) is 0 Å². The summed E-state index contributed by atoms with van der Waals surface area (Å²) in [7, 11) is 0. The van der Waals surface area contributed by atoms with Crippen molar-refractivity contribution in [3.05, 3.63) is 34.3 Å². The van der Waals surface area contributed by atoms with Crippen LogP contribution in [0.2, 0.25) is 0 Å². The second kappa shape index (κ2) is 5.34. The van der Waals surface area contributed by atoms with Gasteiger partial charge in [0.15, 0.2) is 0 Å². The Balaban J connectivity index is 1.86. The van der Waals surface area contributed by atoms with Crippen LogP contribution in [0.3, 0.4) is 0 Å². The maximum Gasteiger partial charge on any atom is 0.0210 e. The van der Waals surface area contributed by atoms with Gasteiger partial charge in [0.25, 0.3) is 0 Å². The van der Waals surface area contributed by atoms with Gasteiger partial charge in [0, 0.05) is 16.6 Å². The molecule has 100 valence electrons. The topological polar surface area (TPSA) is 12.0 Å². The van der Waals surface area contributed by atoms with Crippen molar-refractivity contribution in [2.75, 3.05) is 0 Å². The van der Waals surface area contributed by atoms with E-state index in [-0.39, 0.29) is 0 Å². The average Bonchev–Trinajstić information content (AvgIpc) is 2.22. The van der Waals surface area contributed by atoms with Crippen molar-refractivity contribution in [3.8, 4) is 0 Å². The quantitative estimate of drug-likeness (QED) is 0.852. The highest BCUT2D eigenvalue weighted by atomic mass is 79.9. The van der Waals surface area contributed by atoms with Crippen molar-refractivity contribution in [1.29, 1.82) is 0 Å². The first kappa shape index (κ1) is 14.1. The third-order valence-corrected chi connectivity index (χ3v) is 4.99. The van der Waals surface area contributed by atoms with Gasteiger partial charge in [-0.3, -0.25) is 0 Å². The fourth-order valence-electron chi connectivity index (χ4n) is 2.42. The highest BCUT2D eigenvalue weighted by Gasteiger charge is 2.33. The molecule has 0 heterocycles. The molecule has 0 aromatic heterocycles. The Hall–Kier alpha value is -0.340. The summed E-state index contributed by atoms with van der Waals surface area (Å²) in [6.07, 6.45) is 2.53. The van der Waals surface area contributed by atoms with Crippen LogP contribution in [-0.4, -0.2) is 12.1 Å². The SMILES string of the molecule is CC(NC1CC(c2ccccc2Br)C1)C(C)(C)C. The van der Waals surface area contributed by atoms with Gasteiger partial charge in [-0.05, 0) is 42.7 Å². The number of halogens is 1. The molecule has 0 radical (unpaired) electrons. The number of hydrogen-bond acceptors (Lipinski definition) is 1. The van der Waals surface area contributed by atoms with Crippen molar-refractivity contribution in [2.45, 2.75) is 58.5 Å². The summed E-state index contributed by atoms with van der Waals surface area (Å²) in [6, 6.07) is 9.88. The molecule has 1 aliphatic rings.